The van der Waals surface area contributed by atoms with Gasteiger partial charge < -0.3 is 5.73 Å². The average molecular weight is 782 g/mol. The molecule has 0 bridgehead atoms. The second kappa shape index (κ2) is 13.7. The van der Waals surface area contributed by atoms with Crippen LogP contribution in [-0.2, 0) is 36.3 Å². The van der Waals surface area contributed by atoms with Crippen molar-refractivity contribution in [2.45, 2.75) is 43.8 Å². The molecule has 2 atom stereocenters. The van der Waals surface area contributed by atoms with Gasteiger partial charge in [0.1, 0.15) is 22.1 Å². The fourth-order valence-electron chi connectivity index (χ4n) is 4.85. The number of pyridine rings is 1. The summed E-state index contributed by atoms with van der Waals surface area (Å²) < 4.78 is 145. The number of rotatable bonds is 10. The summed E-state index contributed by atoms with van der Waals surface area (Å²) in [4.78, 5) is 4.45. The number of sulfonamides is 2. The third-order valence-corrected chi connectivity index (χ3v) is 12.8. The van der Waals surface area contributed by atoms with E-state index in [1.807, 2.05) is 0 Å². The standard InChI is InChI=1S/C30H29ClF5N5O6S3/c1-30(2,48(3,42)43)11-10-19-6-7-20(25(38-19)23(37)14-16-12-17(32)15-18(33)13-16)21-8-9-22(31)24-26(21)40(28(36)27(34)35)39-29(24)41(49(4,44)45)50(5,46)47/h6-9,12-13,15,23,27-28H,14,37H2,1-5H3. The lowest BCUT2D eigenvalue weighted by molar-refractivity contribution is 0.00365. The SMILES string of the molecule is CC(C)(C#Cc1ccc(-c2ccc(Cl)c3c(N(S(C)(=O)=O)S(C)(=O)=O)nn(C(F)C(F)F)c23)c(C(N)Cc2cc(F)cc(F)c2)n1)S(C)(=O)=O. The van der Waals surface area contributed by atoms with Crippen LogP contribution in [-0.4, -0.2) is 70.0 Å². The zero-order valence-electron chi connectivity index (χ0n) is 26.8. The minimum absolute atomic E-state index is 0.0385. The molecule has 0 aliphatic heterocycles. The zero-order chi connectivity index (χ0) is 37.7. The van der Waals surface area contributed by atoms with Crippen molar-refractivity contribution in [2.75, 3.05) is 22.5 Å². The van der Waals surface area contributed by atoms with Crippen LogP contribution in [0, 0.1) is 23.5 Å². The summed E-state index contributed by atoms with van der Waals surface area (Å²) in [6.07, 6.45) is -5.31. The molecule has 0 saturated heterocycles. The van der Waals surface area contributed by atoms with Crippen LogP contribution < -0.4 is 9.44 Å². The maximum absolute atomic E-state index is 15.3. The van der Waals surface area contributed by atoms with Crippen LogP contribution in [0.5, 0.6) is 0 Å². The maximum Gasteiger partial charge on any atom is 0.289 e. The molecule has 0 fully saturated rings. The first-order valence-electron chi connectivity index (χ1n) is 14.1. The Bertz CT molecular complexity index is 2340. The Morgan fingerprint density at radius 1 is 0.920 bits per heavy atom. The van der Waals surface area contributed by atoms with Gasteiger partial charge in [-0.15, -0.1) is 8.81 Å². The highest BCUT2D eigenvalue weighted by Gasteiger charge is 2.37. The van der Waals surface area contributed by atoms with E-state index in [0.717, 1.165) is 24.5 Å². The smallest absolute Gasteiger partial charge is 0.289 e. The Kier molecular flexibility index (Phi) is 10.7. The first-order chi connectivity index (χ1) is 22.8. The van der Waals surface area contributed by atoms with Crippen LogP contribution >= 0.6 is 11.6 Å². The van der Waals surface area contributed by atoms with Crippen LogP contribution in [0.1, 0.15) is 43.1 Å². The molecule has 0 aliphatic carbocycles. The molecule has 2 aromatic carbocycles. The van der Waals surface area contributed by atoms with Crippen molar-refractivity contribution in [3.63, 3.8) is 0 Å². The predicted molar refractivity (Wildman–Crippen MR) is 179 cm³/mol. The van der Waals surface area contributed by atoms with Crippen molar-refractivity contribution in [2.24, 2.45) is 5.73 Å². The number of nitrogens with zero attached hydrogens (tertiary/aromatic N) is 4. The lowest BCUT2D eigenvalue weighted by Gasteiger charge is -2.19. The molecule has 0 aliphatic rings. The first-order valence-corrected chi connectivity index (χ1v) is 20.1. The summed E-state index contributed by atoms with van der Waals surface area (Å²) in [5.74, 6) is 2.40. The number of benzene rings is 2. The van der Waals surface area contributed by atoms with Crippen molar-refractivity contribution in [1.29, 1.82) is 0 Å². The molecular formula is C30H29ClF5N5O6S3. The van der Waals surface area contributed by atoms with Crippen LogP contribution in [0.3, 0.4) is 0 Å². The van der Waals surface area contributed by atoms with Gasteiger partial charge in [0.05, 0.1) is 40.2 Å². The monoisotopic (exact) mass is 781 g/mol. The molecule has 4 aromatic rings. The Labute approximate surface area is 290 Å². The largest absolute Gasteiger partial charge is 0.322 e. The Morgan fingerprint density at radius 3 is 2.00 bits per heavy atom. The molecule has 2 aromatic heterocycles. The van der Waals surface area contributed by atoms with Gasteiger partial charge in [-0.3, -0.25) is 0 Å². The van der Waals surface area contributed by atoms with E-state index in [9.17, 15) is 42.8 Å². The van der Waals surface area contributed by atoms with Gasteiger partial charge in [0.15, 0.2) is 15.7 Å². The second-order valence-electron chi connectivity index (χ2n) is 11.8. The molecule has 4 rings (SSSR count). The van der Waals surface area contributed by atoms with Gasteiger partial charge in [-0.2, -0.15) is 0 Å². The van der Waals surface area contributed by atoms with Gasteiger partial charge in [-0.25, -0.2) is 56.9 Å². The zero-order valence-corrected chi connectivity index (χ0v) is 30.0. The number of hydrogen-bond acceptors (Lipinski definition) is 9. The summed E-state index contributed by atoms with van der Waals surface area (Å²) >= 11 is 6.39. The molecule has 2 N–H and O–H groups in total. The third kappa shape index (κ3) is 8.04. The van der Waals surface area contributed by atoms with E-state index >= 15 is 4.39 Å². The molecule has 0 amide bonds. The number of aromatic nitrogens is 3. The summed E-state index contributed by atoms with van der Waals surface area (Å²) in [5.41, 5.74) is 5.62. The first kappa shape index (κ1) is 39.0. The van der Waals surface area contributed by atoms with E-state index in [4.69, 9.17) is 17.3 Å². The third-order valence-electron chi connectivity index (χ3n) is 7.36. The van der Waals surface area contributed by atoms with Crippen molar-refractivity contribution in [3.05, 3.63) is 76.1 Å². The topological polar surface area (TPSA) is 162 Å². The molecule has 2 heterocycles. The van der Waals surface area contributed by atoms with E-state index in [1.165, 1.54) is 32.0 Å². The van der Waals surface area contributed by atoms with Gasteiger partial charge in [0.25, 0.3) is 12.7 Å². The number of sulfone groups is 1. The summed E-state index contributed by atoms with van der Waals surface area (Å²) in [6.45, 7) is 2.70. The Balaban J connectivity index is 2.12. The normalized spacial score (nSPS) is 14.0. The van der Waals surface area contributed by atoms with Crippen LogP contribution in [0.15, 0.2) is 42.5 Å². The number of nitrogens with two attached hydrogens (primary N) is 1. The van der Waals surface area contributed by atoms with E-state index in [1.54, 1.807) is 0 Å². The molecule has 270 valence electrons. The van der Waals surface area contributed by atoms with Gasteiger partial charge in [-0.1, -0.05) is 23.6 Å². The summed E-state index contributed by atoms with van der Waals surface area (Å²) in [6, 6.07) is 6.35. The maximum atomic E-state index is 15.3. The molecule has 11 nitrogen and oxygen atoms in total. The van der Waals surface area contributed by atoms with Crippen molar-refractivity contribution >= 4 is 58.2 Å². The van der Waals surface area contributed by atoms with E-state index in [2.05, 4.69) is 21.9 Å². The minimum atomic E-state index is -4.74. The Hall–Kier alpha value is -3.83. The highest BCUT2D eigenvalue weighted by molar-refractivity contribution is 8.09. The highest BCUT2D eigenvalue weighted by Crippen LogP contribution is 2.43. The van der Waals surface area contributed by atoms with Crippen molar-refractivity contribution in [3.8, 4) is 23.0 Å². The van der Waals surface area contributed by atoms with E-state index < -0.39 is 86.8 Å². The lowest BCUT2D eigenvalue weighted by Crippen LogP contribution is -2.35. The quantitative estimate of drug-likeness (QED) is 0.174. The number of fused-ring (bicyclic) bond motifs is 1. The van der Waals surface area contributed by atoms with Crippen molar-refractivity contribution < 1.29 is 47.2 Å². The van der Waals surface area contributed by atoms with Crippen molar-refractivity contribution in [1.82, 2.24) is 14.8 Å². The molecular weight excluding hydrogens is 753 g/mol. The summed E-state index contributed by atoms with van der Waals surface area (Å²) in [7, 11) is -13.2. The van der Waals surface area contributed by atoms with E-state index in [0.29, 0.717) is 18.6 Å². The van der Waals surface area contributed by atoms with Crippen LogP contribution in [0.2, 0.25) is 5.02 Å². The van der Waals surface area contributed by atoms with Gasteiger partial charge in [-0.05, 0) is 62.1 Å². The van der Waals surface area contributed by atoms with Gasteiger partial charge in [0.2, 0.25) is 20.0 Å². The molecule has 2 unspecified atom stereocenters. The van der Waals surface area contributed by atoms with Gasteiger partial charge >= 0.3 is 0 Å². The number of hydrogen-bond donors (Lipinski definition) is 1. The highest BCUT2D eigenvalue weighted by atomic mass is 35.5. The van der Waals surface area contributed by atoms with Crippen LogP contribution in [0.25, 0.3) is 22.0 Å². The summed E-state index contributed by atoms with van der Waals surface area (Å²) in [5, 5.41) is 2.73. The number of halogens is 6. The average Bonchev–Trinajstić information content (AvgIpc) is 3.33. The van der Waals surface area contributed by atoms with Crippen LogP contribution in [0.4, 0.5) is 27.8 Å². The minimum Gasteiger partial charge on any atom is -0.322 e. The molecule has 0 radical (unpaired) electrons. The molecule has 0 spiro atoms. The molecule has 0 saturated carbocycles. The number of anilines is 1. The number of alkyl halides is 3. The fraction of sp³-hybridized carbons (Fsp3) is 0.333. The van der Waals surface area contributed by atoms with Gasteiger partial charge in [0, 0.05) is 23.4 Å². The van der Waals surface area contributed by atoms with E-state index in [-0.39, 0.29) is 42.9 Å². The predicted octanol–water partition coefficient (Wildman–Crippen LogP) is 4.91. The Morgan fingerprint density at radius 2 is 1.48 bits per heavy atom. The second-order valence-corrected chi connectivity index (χ2v) is 18.6. The molecule has 50 heavy (non-hydrogen) atoms. The molecule has 20 heteroatoms. The fourth-order valence-corrected chi connectivity index (χ4v) is 8.18. The lowest BCUT2D eigenvalue weighted by atomic mass is 9.94.